The summed E-state index contributed by atoms with van der Waals surface area (Å²) >= 11 is 5.92. The van der Waals surface area contributed by atoms with Crippen molar-refractivity contribution in [1.29, 1.82) is 0 Å². The maximum absolute atomic E-state index is 13.8. The molecule has 2 aromatic rings. The first-order valence-electron chi connectivity index (χ1n) is 5.93. The van der Waals surface area contributed by atoms with Gasteiger partial charge in [0.15, 0.2) is 11.6 Å². The summed E-state index contributed by atoms with van der Waals surface area (Å²) in [4.78, 5) is 0. The molecule has 2 rings (SSSR count). The van der Waals surface area contributed by atoms with E-state index in [0.29, 0.717) is 17.2 Å². The van der Waals surface area contributed by atoms with E-state index < -0.39 is 5.82 Å². The Morgan fingerprint density at radius 1 is 1.21 bits per heavy atom. The first-order valence-corrected chi connectivity index (χ1v) is 6.31. The minimum atomic E-state index is -0.446. The fraction of sp³-hybridized carbons (Fsp3) is 0.200. The number of hydrogen-bond donors (Lipinski definition) is 1. The molecule has 100 valence electrons. The van der Waals surface area contributed by atoms with Gasteiger partial charge >= 0.3 is 0 Å². The summed E-state index contributed by atoms with van der Waals surface area (Å²) in [6, 6.07) is 9.82. The Morgan fingerprint density at radius 2 is 2.00 bits per heavy atom. The SMILES string of the molecule is Cc1cc(Oc2ccc(CCO)cc2F)ccc1Cl. The van der Waals surface area contributed by atoms with Gasteiger partial charge in [0.1, 0.15) is 5.75 Å². The third kappa shape index (κ3) is 3.46. The second-order valence-electron chi connectivity index (χ2n) is 4.25. The van der Waals surface area contributed by atoms with E-state index in [9.17, 15) is 4.39 Å². The van der Waals surface area contributed by atoms with E-state index in [0.717, 1.165) is 11.1 Å². The van der Waals surface area contributed by atoms with Gasteiger partial charge in [-0.1, -0.05) is 17.7 Å². The van der Waals surface area contributed by atoms with Crippen LogP contribution in [0.25, 0.3) is 0 Å². The topological polar surface area (TPSA) is 29.5 Å². The summed E-state index contributed by atoms with van der Waals surface area (Å²) in [6.45, 7) is 1.85. The summed E-state index contributed by atoms with van der Waals surface area (Å²) < 4.78 is 19.3. The Bertz CT molecular complexity index is 584. The van der Waals surface area contributed by atoms with Crippen molar-refractivity contribution in [2.24, 2.45) is 0 Å². The second-order valence-corrected chi connectivity index (χ2v) is 4.66. The van der Waals surface area contributed by atoms with Crippen LogP contribution in [0.15, 0.2) is 36.4 Å². The molecule has 0 aliphatic rings. The van der Waals surface area contributed by atoms with E-state index in [1.165, 1.54) is 6.07 Å². The van der Waals surface area contributed by atoms with Gasteiger partial charge in [-0.25, -0.2) is 4.39 Å². The number of aliphatic hydroxyl groups is 1. The predicted molar refractivity (Wildman–Crippen MR) is 73.5 cm³/mol. The lowest BCUT2D eigenvalue weighted by molar-refractivity contribution is 0.299. The van der Waals surface area contributed by atoms with Gasteiger partial charge in [0.2, 0.25) is 0 Å². The minimum Gasteiger partial charge on any atom is -0.454 e. The molecule has 0 fully saturated rings. The first kappa shape index (κ1) is 13.8. The van der Waals surface area contributed by atoms with Crippen molar-refractivity contribution in [3.05, 3.63) is 58.4 Å². The van der Waals surface area contributed by atoms with Gasteiger partial charge in [-0.3, -0.25) is 0 Å². The molecular weight excluding hydrogens is 267 g/mol. The van der Waals surface area contributed by atoms with Crippen LogP contribution in [0.3, 0.4) is 0 Å². The maximum Gasteiger partial charge on any atom is 0.165 e. The van der Waals surface area contributed by atoms with Gasteiger partial charge in [-0.2, -0.15) is 0 Å². The lowest BCUT2D eigenvalue weighted by Gasteiger charge is -2.09. The summed E-state index contributed by atoms with van der Waals surface area (Å²) in [7, 11) is 0. The number of hydrogen-bond acceptors (Lipinski definition) is 2. The lowest BCUT2D eigenvalue weighted by Crippen LogP contribution is -1.94. The van der Waals surface area contributed by atoms with Gasteiger partial charge in [0.05, 0.1) is 0 Å². The van der Waals surface area contributed by atoms with Crippen LogP contribution in [0.1, 0.15) is 11.1 Å². The molecule has 0 saturated carbocycles. The Balaban J connectivity index is 2.20. The van der Waals surface area contributed by atoms with Crippen molar-refractivity contribution < 1.29 is 14.2 Å². The van der Waals surface area contributed by atoms with Gasteiger partial charge < -0.3 is 9.84 Å². The average molecular weight is 281 g/mol. The Hall–Kier alpha value is -1.58. The highest BCUT2D eigenvalue weighted by Crippen LogP contribution is 2.28. The van der Waals surface area contributed by atoms with E-state index in [1.54, 1.807) is 30.3 Å². The molecule has 0 aromatic heterocycles. The Kier molecular flexibility index (Phi) is 4.40. The molecule has 0 heterocycles. The molecule has 0 saturated heterocycles. The number of ether oxygens (including phenoxy) is 1. The highest BCUT2D eigenvalue weighted by atomic mass is 35.5. The summed E-state index contributed by atoms with van der Waals surface area (Å²) in [6.07, 6.45) is 0.428. The van der Waals surface area contributed by atoms with Gasteiger partial charge in [-0.05, 0) is 54.8 Å². The fourth-order valence-electron chi connectivity index (χ4n) is 1.72. The largest absolute Gasteiger partial charge is 0.454 e. The molecule has 0 bridgehead atoms. The normalized spacial score (nSPS) is 10.5. The first-order chi connectivity index (χ1) is 9.10. The highest BCUT2D eigenvalue weighted by Gasteiger charge is 2.07. The van der Waals surface area contributed by atoms with Crippen LogP contribution in [-0.4, -0.2) is 11.7 Å². The summed E-state index contributed by atoms with van der Waals surface area (Å²) in [5.41, 5.74) is 1.61. The molecule has 4 heteroatoms. The monoisotopic (exact) mass is 280 g/mol. The molecule has 0 atom stereocenters. The van der Waals surface area contributed by atoms with Crippen molar-refractivity contribution in [3.8, 4) is 11.5 Å². The molecule has 0 spiro atoms. The Labute approximate surface area is 116 Å². The number of aliphatic hydroxyl groups excluding tert-OH is 1. The summed E-state index contributed by atoms with van der Waals surface area (Å²) in [5.74, 6) is 0.248. The van der Waals surface area contributed by atoms with Crippen molar-refractivity contribution in [2.45, 2.75) is 13.3 Å². The third-order valence-electron chi connectivity index (χ3n) is 2.75. The molecule has 0 radical (unpaired) electrons. The van der Waals surface area contributed by atoms with Crippen LogP contribution in [-0.2, 0) is 6.42 Å². The van der Waals surface area contributed by atoms with Crippen LogP contribution in [0.4, 0.5) is 4.39 Å². The highest BCUT2D eigenvalue weighted by molar-refractivity contribution is 6.31. The number of halogens is 2. The molecule has 0 aliphatic heterocycles. The van der Waals surface area contributed by atoms with Crippen LogP contribution >= 0.6 is 11.6 Å². The van der Waals surface area contributed by atoms with Crippen LogP contribution in [0.2, 0.25) is 5.02 Å². The van der Waals surface area contributed by atoms with Gasteiger partial charge in [-0.15, -0.1) is 0 Å². The van der Waals surface area contributed by atoms with E-state index >= 15 is 0 Å². The molecular formula is C15H14ClFO2. The zero-order valence-corrected chi connectivity index (χ0v) is 11.2. The maximum atomic E-state index is 13.8. The zero-order chi connectivity index (χ0) is 13.8. The van der Waals surface area contributed by atoms with Crippen LogP contribution in [0, 0.1) is 12.7 Å². The van der Waals surface area contributed by atoms with E-state index in [2.05, 4.69) is 0 Å². The average Bonchev–Trinajstić information content (AvgIpc) is 2.37. The predicted octanol–water partition coefficient (Wildman–Crippen LogP) is 4.11. The third-order valence-corrected chi connectivity index (χ3v) is 3.18. The number of rotatable bonds is 4. The molecule has 2 aromatic carbocycles. The second kappa shape index (κ2) is 6.04. The molecule has 0 aliphatic carbocycles. The number of aryl methyl sites for hydroxylation is 1. The smallest absolute Gasteiger partial charge is 0.165 e. The minimum absolute atomic E-state index is 0.00395. The molecule has 19 heavy (non-hydrogen) atoms. The van der Waals surface area contributed by atoms with Crippen molar-refractivity contribution >= 4 is 11.6 Å². The fourth-order valence-corrected chi connectivity index (χ4v) is 1.84. The lowest BCUT2D eigenvalue weighted by atomic mass is 10.1. The summed E-state index contributed by atoms with van der Waals surface area (Å²) in [5, 5.41) is 9.45. The zero-order valence-electron chi connectivity index (χ0n) is 10.5. The van der Waals surface area contributed by atoms with Gasteiger partial charge in [0, 0.05) is 11.6 Å². The standard InChI is InChI=1S/C15H14ClFO2/c1-10-8-12(3-4-13(10)16)19-15-5-2-11(6-7-18)9-14(15)17/h2-5,8-9,18H,6-7H2,1H3. The van der Waals surface area contributed by atoms with E-state index in [-0.39, 0.29) is 12.4 Å². The van der Waals surface area contributed by atoms with Crippen molar-refractivity contribution in [1.82, 2.24) is 0 Å². The van der Waals surface area contributed by atoms with Gasteiger partial charge in [0.25, 0.3) is 0 Å². The Morgan fingerprint density at radius 3 is 2.63 bits per heavy atom. The molecule has 1 N–H and O–H groups in total. The molecule has 0 amide bonds. The van der Waals surface area contributed by atoms with Crippen LogP contribution in [0.5, 0.6) is 11.5 Å². The molecule has 0 unspecified atom stereocenters. The van der Waals surface area contributed by atoms with Crippen molar-refractivity contribution in [2.75, 3.05) is 6.61 Å². The molecule has 2 nitrogen and oxygen atoms in total. The number of benzene rings is 2. The van der Waals surface area contributed by atoms with E-state index in [1.807, 2.05) is 6.92 Å². The van der Waals surface area contributed by atoms with E-state index in [4.69, 9.17) is 21.4 Å². The van der Waals surface area contributed by atoms with Crippen LogP contribution < -0.4 is 4.74 Å². The quantitative estimate of drug-likeness (QED) is 0.913. The van der Waals surface area contributed by atoms with Crippen molar-refractivity contribution in [3.63, 3.8) is 0 Å².